The number of hydrogen-bond acceptors (Lipinski definition) is 6. The van der Waals surface area contributed by atoms with Gasteiger partial charge in [-0.15, -0.1) is 0 Å². The minimum atomic E-state index is -3.65. The first-order valence-electron chi connectivity index (χ1n) is 10.4. The van der Waals surface area contributed by atoms with Crippen molar-refractivity contribution in [1.29, 1.82) is 0 Å². The first-order chi connectivity index (χ1) is 16.0. The molecule has 1 aliphatic heterocycles. The molecule has 0 bridgehead atoms. The highest BCUT2D eigenvalue weighted by Gasteiger charge is 2.28. The Morgan fingerprint density at radius 3 is 2.55 bits per heavy atom. The summed E-state index contributed by atoms with van der Waals surface area (Å²) in [5.41, 5.74) is 3.24. The molecule has 1 aliphatic rings. The first-order valence-corrected chi connectivity index (χ1v) is 12.6. The summed E-state index contributed by atoms with van der Waals surface area (Å²) in [7, 11) is -2.08. The van der Waals surface area contributed by atoms with Crippen molar-refractivity contribution in [3.8, 4) is 5.75 Å². The van der Waals surface area contributed by atoms with Crippen LogP contribution < -0.4 is 10.1 Å². The number of ether oxygens (including phenoxy) is 1. The lowest BCUT2D eigenvalue weighted by atomic mass is 10.0. The van der Waals surface area contributed by atoms with E-state index in [-0.39, 0.29) is 10.8 Å². The van der Waals surface area contributed by atoms with Gasteiger partial charge in [-0.2, -0.15) is 4.31 Å². The fraction of sp³-hybridized carbons (Fsp3) is 0.167. The van der Waals surface area contributed by atoms with Crippen LogP contribution in [0.1, 0.15) is 21.5 Å². The molecule has 0 fully saturated rings. The number of aromatic nitrogens is 1. The maximum absolute atomic E-state index is 13.1. The molecule has 1 amide bonds. The number of nitrogens with zero attached hydrogens (tertiary/aromatic N) is 2. The SMILES string of the molecule is COc1cccc2sc(NC(=O)c3ccc(S(=O)(=O)N4CCc5ccccc5C4)cc3)nc12. The number of carbonyl (C=O) groups excluding carboxylic acids is 1. The third kappa shape index (κ3) is 4.10. The summed E-state index contributed by atoms with van der Waals surface area (Å²) < 4.78 is 34.0. The van der Waals surface area contributed by atoms with Gasteiger partial charge in [0.25, 0.3) is 5.91 Å². The molecular weight excluding hydrogens is 458 g/mol. The maximum Gasteiger partial charge on any atom is 0.257 e. The number of rotatable bonds is 5. The lowest BCUT2D eigenvalue weighted by Gasteiger charge is -2.28. The predicted octanol–water partition coefficient (Wildman–Crippen LogP) is 4.30. The number of carbonyl (C=O) groups is 1. The van der Waals surface area contributed by atoms with Crippen molar-refractivity contribution in [3.05, 3.63) is 83.4 Å². The molecule has 3 aromatic carbocycles. The highest BCUT2D eigenvalue weighted by atomic mass is 32.2. The van der Waals surface area contributed by atoms with Crippen molar-refractivity contribution in [1.82, 2.24) is 9.29 Å². The monoisotopic (exact) mass is 479 g/mol. The number of para-hydroxylation sites is 1. The van der Waals surface area contributed by atoms with Gasteiger partial charge in [0.1, 0.15) is 11.3 Å². The van der Waals surface area contributed by atoms with E-state index in [1.165, 1.54) is 45.5 Å². The number of amides is 1. The van der Waals surface area contributed by atoms with Crippen LogP contribution in [0.2, 0.25) is 0 Å². The maximum atomic E-state index is 13.1. The molecule has 0 saturated carbocycles. The molecule has 0 aliphatic carbocycles. The second-order valence-electron chi connectivity index (χ2n) is 7.66. The summed E-state index contributed by atoms with van der Waals surface area (Å²) in [4.78, 5) is 17.3. The van der Waals surface area contributed by atoms with E-state index in [4.69, 9.17) is 4.74 Å². The Balaban J connectivity index is 1.32. The minimum absolute atomic E-state index is 0.170. The Bertz CT molecular complexity index is 1450. The predicted molar refractivity (Wildman–Crippen MR) is 128 cm³/mol. The standard InChI is InChI=1S/C24H21N3O4S2/c1-31-20-7-4-8-21-22(20)25-24(32-21)26-23(28)17-9-11-19(12-10-17)33(29,30)27-14-13-16-5-2-3-6-18(16)15-27/h2-12H,13-15H2,1H3,(H,25,26,28). The third-order valence-corrected chi connectivity index (χ3v) is 8.47. The van der Waals surface area contributed by atoms with Crippen LogP contribution in [-0.4, -0.2) is 37.3 Å². The van der Waals surface area contributed by atoms with E-state index in [9.17, 15) is 13.2 Å². The molecule has 1 aromatic heterocycles. The fourth-order valence-corrected chi connectivity index (χ4v) is 6.21. The van der Waals surface area contributed by atoms with Crippen LogP contribution >= 0.6 is 11.3 Å². The van der Waals surface area contributed by atoms with Crippen molar-refractivity contribution in [2.75, 3.05) is 19.0 Å². The van der Waals surface area contributed by atoms with E-state index < -0.39 is 10.0 Å². The zero-order valence-electron chi connectivity index (χ0n) is 17.8. The number of benzene rings is 3. The molecule has 0 saturated heterocycles. The van der Waals surface area contributed by atoms with Crippen LogP contribution in [0.4, 0.5) is 5.13 Å². The Labute approximate surface area is 195 Å². The molecule has 4 aromatic rings. The van der Waals surface area contributed by atoms with Crippen LogP contribution in [0.15, 0.2) is 71.6 Å². The van der Waals surface area contributed by atoms with Gasteiger partial charge < -0.3 is 4.74 Å². The van der Waals surface area contributed by atoms with Crippen molar-refractivity contribution in [3.63, 3.8) is 0 Å². The van der Waals surface area contributed by atoms with E-state index >= 15 is 0 Å². The number of fused-ring (bicyclic) bond motifs is 2. The molecule has 0 spiro atoms. The van der Waals surface area contributed by atoms with E-state index in [1.807, 2.05) is 42.5 Å². The lowest BCUT2D eigenvalue weighted by Crippen LogP contribution is -2.35. The van der Waals surface area contributed by atoms with Gasteiger partial charge in [-0.25, -0.2) is 13.4 Å². The van der Waals surface area contributed by atoms with Crippen molar-refractivity contribution >= 4 is 42.6 Å². The largest absolute Gasteiger partial charge is 0.494 e. The molecule has 33 heavy (non-hydrogen) atoms. The van der Waals surface area contributed by atoms with Crippen molar-refractivity contribution in [2.45, 2.75) is 17.9 Å². The normalized spacial score (nSPS) is 14.1. The molecule has 7 nitrogen and oxygen atoms in total. The van der Waals surface area contributed by atoms with Crippen molar-refractivity contribution in [2.24, 2.45) is 0 Å². The average Bonchev–Trinajstić information content (AvgIpc) is 3.26. The molecule has 5 rings (SSSR count). The number of hydrogen-bond donors (Lipinski definition) is 1. The Kier molecular flexibility index (Phi) is 5.61. The first kappa shape index (κ1) is 21.6. The fourth-order valence-electron chi connectivity index (χ4n) is 3.91. The summed E-state index contributed by atoms with van der Waals surface area (Å²) in [5.74, 6) is 0.281. The van der Waals surface area contributed by atoms with Gasteiger partial charge in [0.2, 0.25) is 10.0 Å². The van der Waals surface area contributed by atoms with Gasteiger partial charge in [-0.1, -0.05) is 41.7 Å². The number of anilines is 1. The van der Waals surface area contributed by atoms with E-state index in [1.54, 1.807) is 7.11 Å². The summed E-state index contributed by atoms with van der Waals surface area (Å²) >= 11 is 1.34. The lowest BCUT2D eigenvalue weighted by molar-refractivity contribution is 0.102. The summed E-state index contributed by atoms with van der Waals surface area (Å²) in [6.45, 7) is 0.782. The van der Waals surface area contributed by atoms with Crippen LogP contribution in [0, 0.1) is 0 Å². The van der Waals surface area contributed by atoms with Crippen LogP contribution in [-0.2, 0) is 23.0 Å². The minimum Gasteiger partial charge on any atom is -0.494 e. The van der Waals surface area contributed by atoms with Crippen LogP contribution in [0.25, 0.3) is 10.2 Å². The van der Waals surface area contributed by atoms with Gasteiger partial charge in [0, 0.05) is 18.7 Å². The second kappa shape index (κ2) is 8.58. The molecular formula is C24H21N3O4S2. The third-order valence-electron chi connectivity index (χ3n) is 5.67. The Hall–Kier alpha value is -3.27. The molecule has 0 unspecified atom stereocenters. The quantitative estimate of drug-likeness (QED) is 0.461. The number of methoxy groups -OCH3 is 1. The number of nitrogens with one attached hydrogen (secondary N) is 1. The molecule has 9 heteroatoms. The Morgan fingerprint density at radius 2 is 1.79 bits per heavy atom. The van der Waals surface area contributed by atoms with Crippen LogP contribution in [0.3, 0.4) is 0 Å². The average molecular weight is 480 g/mol. The highest BCUT2D eigenvalue weighted by molar-refractivity contribution is 7.89. The summed E-state index contributed by atoms with van der Waals surface area (Å²) in [5, 5.41) is 3.23. The number of thiazole rings is 1. The summed E-state index contributed by atoms with van der Waals surface area (Å²) in [6.07, 6.45) is 0.683. The van der Waals surface area contributed by atoms with Gasteiger partial charge in [-0.3, -0.25) is 10.1 Å². The number of sulfonamides is 1. The van der Waals surface area contributed by atoms with Gasteiger partial charge in [-0.05, 0) is 53.9 Å². The smallest absolute Gasteiger partial charge is 0.257 e. The molecule has 1 N–H and O–H groups in total. The molecule has 2 heterocycles. The van der Waals surface area contributed by atoms with Gasteiger partial charge >= 0.3 is 0 Å². The van der Waals surface area contributed by atoms with E-state index in [2.05, 4.69) is 10.3 Å². The molecule has 168 valence electrons. The van der Waals surface area contributed by atoms with Gasteiger partial charge in [0.05, 0.1) is 16.7 Å². The second-order valence-corrected chi connectivity index (χ2v) is 10.6. The zero-order chi connectivity index (χ0) is 23.0. The van der Waals surface area contributed by atoms with Crippen LogP contribution in [0.5, 0.6) is 5.75 Å². The zero-order valence-corrected chi connectivity index (χ0v) is 19.4. The highest BCUT2D eigenvalue weighted by Crippen LogP contribution is 2.32. The van der Waals surface area contributed by atoms with E-state index in [0.29, 0.717) is 41.5 Å². The Morgan fingerprint density at radius 1 is 1.03 bits per heavy atom. The van der Waals surface area contributed by atoms with E-state index in [0.717, 1.165) is 10.3 Å². The van der Waals surface area contributed by atoms with Crippen molar-refractivity contribution < 1.29 is 17.9 Å². The summed E-state index contributed by atoms with van der Waals surface area (Å²) in [6, 6.07) is 19.5. The van der Waals surface area contributed by atoms with Gasteiger partial charge in [0.15, 0.2) is 5.13 Å². The molecule has 0 atom stereocenters. The topological polar surface area (TPSA) is 88.6 Å². The molecule has 0 radical (unpaired) electrons.